The number of hydrogen-bond acceptors (Lipinski definition) is 3. The summed E-state index contributed by atoms with van der Waals surface area (Å²) < 4.78 is 5.63. The fourth-order valence-electron chi connectivity index (χ4n) is 4.51. The second-order valence-corrected chi connectivity index (χ2v) is 10.4. The molecular formula is C33H46ClNO3. The van der Waals surface area contributed by atoms with Crippen LogP contribution in [-0.4, -0.2) is 17.9 Å². The molecule has 0 saturated heterocycles. The Kier molecular flexibility index (Phi) is 17.0. The third-order valence-electron chi connectivity index (χ3n) is 6.77. The van der Waals surface area contributed by atoms with Crippen LogP contribution in [0.25, 0.3) is 6.08 Å². The molecule has 0 atom stereocenters. The van der Waals surface area contributed by atoms with Gasteiger partial charge in [0.15, 0.2) is 0 Å². The van der Waals surface area contributed by atoms with Crippen LogP contribution in [0.2, 0.25) is 0 Å². The molecule has 0 aliphatic carbocycles. The van der Waals surface area contributed by atoms with Crippen LogP contribution in [0.4, 0.5) is 10.5 Å². The van der Waals surface area contributed by atoms with Gasteiger partial charge in [-0.1, -0.05) is 139 Å². The lowest BCUT2D eigenvalue weighted by Crippen LogP contribution is -2.32. The Morgan fingerprint density at radius 1 is 0.737 bits per heavy atom. The second kappa shape index (κ2) is 20.4. The minimum atomic E-state index is -0.516. The molecule has 0 bridgehead atoms. The molecule has 4 nitrogen and oxygen atoms in total. The lowest BCUT2D eigenvalue weighted by atomic mass is 10.0. The summed E-state index contributed by atoms with van der Waals surface area (Å²) >= 11 is 5.39. The van der Waals surface area contributed by atoms with Crippen LogP contribution in [0, 0.1) is 0 Å². The Labute approximate surface area is 235 Å². The first-order chi connectivity index (χ1) is 18.6. The summed E-state index contributed by atoms with van der Waals surface area (Å²) in [5.41, 5.74) is 2.59. The van der Waals surface area contributed by atoms with Gasteiger partial charge in [-0.25, -0.2) is 4.79 Å². The molecule has 2 aromatic carbocycles. The Hall–Kier alpha value is -2.59. The van der Waals surface area contributed by atoms with Crippen molar-refractivity contribution in [3.63, 3.8) is 0 Å². The molecule has 1 amide bonds. The molecule has 38 heavy (non-hydrogen) atoms. The number of halogens is 1. The van der Waals surface area contributed by atoms with Crippen molar-refractivity contribution in [2.24, 2.45) is 0 Å². The van der Waals surface area contributed by atoms with Gasteiger partial charge < -0.3 is 4.74 Å². The number of nitrogens with zero attached hydrogens (tertiary/aromatic N) is 1. The van der Waals surface area contributed by atoms with E-state index >= 15 is 0 Å². The number of allylic oxidation sites excluding steroid dienone is 1. The molecule has 0 unspecified atom stereocenters. The van der Waals surface area contributed by atoms with Crippen molar-refractivity contribution in [1.82, 2.24) is 0 Å². The summed E-state index contributed by atoms with van der Waals surface area (Å²) in [6.07, 6.45) is 20.8. The minimum Gasteiger partial charge on any atom is -0.444 e. The number of amides is 1. The molecule has 0 spiro atoms. The van der Waals surface area contributed by atoms with Crippen molar-refractivity contribution >= 4 is 34.7 Å². The van der Waals surface area contributed by atoms with Crippen LogP contribution in [0.3, 0.4) is 0 Å². The van der Waals surface area contributed by atoms with Crippen molar-refractivity contribution in [1.29, 1.82) is 0 Å². The number of benzene rings is 2. The van der Waals surface area contributed by atoms with Gasteiger partial charge in [-0.3, -0.25) is 9.69 Å². The summed E-state index contributed by atoms with van der Waals surface area (Å²) in [5.74, 6) is 0. The molecule has 0 aliphatic rings. The first kappa shape index (κ1) is 31.6. The summed E-state index contributed by atoms with van der Waals surface area (Å²) in [7, 11) is 0. The van der Waals surface area contributed by atoms with Gasteiger partial charge in [0.25, 0.3) is 0 Å². The van der Waals surface area contributed by atoms with Crippen LogP contribution >= 0.6 is 11.6 Å². The minimum absolute atomic E-state index is 0.244. The number of carbonyl (C=O) groups excluding carboxylic acids is 2. The molecule has 0 saturated carbocycles. The quantitative estimate of drug-likeness (QED) is 0.0954. The van der Waals surface area contributed by atoms with E-state index < -0.39 is 5.24 Å². The number of hydrogen-bond donors (Lipinski definition) is 0. The molecule has 208 valence electrons. The van der Waals surface area contributed by atoms with Crippen LogP contribution < -0.4 is 4.90 Å². The maximum atomic E-state index is 13.0. The van der Waals surface area contributed by atoms with Gasteiger partial charge in [0, 0.05) is 12.2 Å². The summed E-state index contributed by atoms with van der Waals surface area (Å²) in [5, 5.41) is -0.516. The van der Waals surface area contributed by atoms with E-state index in [1.165, 1.54) is 83.1 Å². The van der Waals surface area contributed by atoms with Gasteiger partial charge in [-0.2, -0.15) is 0 Å². The predicted octanol–water partition coefficient (Wildman–Crippen LogP) is 10.1. The smallest absolute Gasteiger partial charge is 0.414 e. The first-order valence-corrected chi connectivity index (χ1v) is 14.9. The monoisotopic (exact) mass is 539 g/mol. The molecule has 0 aliphatic heterocycles. The summed E-state index contributed by atoms with van der Waals surface area (Å²) in [6, 6.07) is 17.2. The van der Waals surface area contributed by atoms with Gasteiger partial charge in [0.2, 0.25) is 5.24 Å². The summed E-state index contributed by atoms with van der Waals surface area (Å²) in [4.78, 5) is 25.7. The van der Waals surface area contributed by atoms with E-state index in [1.54, 1.807) is 11.0 Å². The predicted molar refractivity (Wildman–Crippen MR) is 161 cm³/mol. The van der Waals surface area contributed by atoms with E-state index in [4.69, 9.17) is 16.3 Å². The zero-order chi connectivity index (χ0) is 27.3. The van der Waals surface area contributed by atoms with Crippen molar-refractivity contribution < 1.29 is 14.3 Å². The van der Waals surface area contributed by atoms with Gasteiger partial charge in [-0.05, 0) is 47.4 Å². The molecule has 5 heteroatoms. The molecule has 0 N–H and O–H groups in total. The molecule has 0 fully saturated rings. The van der Waals surface area contributed by atoms with Crippen LogP contribution in [0.1, 0.15) is 108 Å². The van der Waals surface area contributed by atoms with E-state index in [0.29, 0.717) is 6.54 Å². The normalized spacial score (nSPS) is 11.1. The van der Waals surface area contributed by atoms with E-state index in [9.17, 15) is 9.59 Å². The fourth-order valence-corrected chi connectivity index (χ4v) is 4.58. The van der Waals surface area contributed by atoms with Gasteiger partial charge in [0.05, 0.1) is 0 Å². The zero-order valence-corrected chi connectivity index (χ0v) is 24.0. The lowest BCUT2D eigenvalue weighted by Gasteiger charge is -2.22. The molecule has 0 radical (unpaired) electrons. The highest BCUT2D eigenvalue weighted by Gasteiger charge is 2.17. The Morgan fingerprint density at radius 3 is 1.79 bits per heavy atom. The highest BCUT2D eigenvalue weighted by atomic mass is 35.5. The number of unbranched alkanes of at least 4 members (excludes halogenated alkanes) is 13. The van der Waals surface area contributed by atoms with Gasteiger partial charge in [-0.15, -0.1) is 0 Å². The molecular weight excluding hydrogens is 494 g/mol. The largest absolute Gasteiger partial charge is 0.444 e. The molecule has 2 rings (SSSR count). The van der Waals surface area contributed by atoms with Crippen LogP contribution in [0.5, 0.6) is 0 Å². The van der Waals surface area contributed by atoms with Gasteiger partial charge >= 0.3 is 6.09 Å². The van der Waals surface area contributed by atoms with Crippen LogP contribution in [0.15, 0.2) is 60.7 Å². The van der Waals surface area contributed by atoms with Crippen molar-refractivity contribution in [2.45, 2.75) is 103 Å². The average Bonchev–Trinajstić information content (AvgIpc) is 2.94. The third kappa shape index (κ3) is 14.4. The maximum Gasteiger partial charge on any atom is 0.414 e. The Balaban J connectivity index is 1.74. The maximum absolute atomic E-state index is 13.0. The second-order valence-electron chi connectivity index (χ2n) is 10.0. The van der Waals surface area contributed by atoms with E-state index in [1.807, 2.05) is 54.6 Å². The number of ether oxygens (including phenoxy) is 1. The Bertz CT molecular complexity index is 927. The number of anilines is 1. The van der Waals surface area contributed by atoms with E-state index in [-0.39, 0.29) is 12.7 Å². The zero-order valence-electron chi connectivity index (χ0n) is 23.2. The van der Waals surface area contributed by atoms with Crippen LogP contribution in [-0.2, 0) is 16.1 Å². The average molecular weight is 540 g/mol. The highest BCUT2D eigenvalue weighted by molar-refractivity contribution is 6.66. The fraction of sp³-hybridized carbons (Fsp3) is 0.515. The molecule has 0 heterocycles. The highest BCUT2D eigenvalue weighted by Crippen LogP contribution is 2.20. The molecule has 0 aromatic heterocycles. The molecule has 2 aromatic rings. The van der Waals surface area contributed by atoms with Gasteiger partial charge in [0.1, 0.15) is 6.61 Å². The van der Waals surface area contributed by atoms with Crippen molar-refractivity contribution in [2.75, 3.05) is 11.4 Å². The Morgan fingerprint density at radius 2 is 1.26 bits per heavy atom. The van der Waals surface area contributed by atoms with Crippen molar-refractivity contribution in [3.05, 3.63) is 71.8 Å². The number of carbonyl (C=O) groups is 2. The number of rotatable bonds is 20. The third-order valence-corrected chi connectivity index (χ3v) is 6.90. The first-order valence-electron chi connectivity index (χ1n) is 14.6. The lowest BCUT2D eigenvalue weighted by molar-refractivity contribution is -0.107. The van der Waals surface area contributed by atoms with E-state index in [2.05, 4.69) is 6.92 Å². The standard InChI is InChI=1S/C33H46ClNO3/c1-2-3-4-5-6-7-8-9-10-11-12-13-14-18-27-35(33(37)38-28-30-19-16-15-17-20-30)31-24-21-29(22-25-31)23-26-32(34)36/h15-17,19-26H,2-14,18,27-28H2,1H3. The van der Waals surface area contributed by atoms with Crippen molar-refractivity contribution in [3.8, 4) is 0 Å². The topological polar surface area (TPSA) is 46.6 Å². The summed E-state index contributed by atoms with van der Waals surface area (Å²) in [6.45, 7) is 3.12. The SMILES string of the molecule is CCCCCCCCCCCCCCCCN(C(=O)OCc1ccccc1)c1ccc(C=CC(=O)Cl)cc1. The van der Waals surface area contributed by atoms with E-state index in [0.717, 1.165) is 29.7 Å².